The lowest BCUT2D eigenvalue weighted by Gasteiger charge is -2.45. The summed E-state index contributed by atoms with van der Waals surface area (Å²) in [5, 5.41) is 5.65. The Kier molecular flexibility index (Phi) is 6.16. The lowest BCUT2D eigenvalue weighted by Crippen LogP contribution is -2.70. The summed E-state index contributed by atoms with van der Waals surface area (Å²) in [4.78, 5) is 41.7. The number of anilines is 1. The topological polar surface area (TPSA) is 100 Å². The van der Waals surface area contributed by atoms with Gasteiger partial charge in [0.05, 0.1) is 20.8 Å². The van der Waals surface area contributed by atoms with Crippen molar-refractivity contribution in [2.45, 2.75) is 18.5 Å². The summed E-state index contributed by atoms with van der Waals surface area (Å²) >= 11 is 0. The summed E-state index contributed by atoms with van der Waals surface area (Å²) in [6.07, 6.45) is 0.401. The molecule has 2 aliphatic heterocycles. The Balaban J connectivity index is 1.38. The number of nitrogens with one attached hydrogen (secondary N) is 2. The molecule has 2 N–H and O–H groups in total. The molecule has 0 radical (unpaired) electrons. The smallest absolute Gasteiger partial charge is 0.321 e. The van der Waals surface area contributed by atoms with Gasteiger partial charge in [0.25, 0.3) is 0 Å². The molecule has 9 nitrogen and oxygen atoms in total. The number of methoxy groups -OCH3 is 2. The fraction of sp³-hybridized carbons (Fsp3) is 0.348. The number of ether oxygens (including phenoxy) is 2. The highest BCUT2D eigenvalue weighted by atomic mass is 16.5. The molecule has 0 unspecified atom stereocenters. The first-order valence-corrected chi connectivity index (χ1v) is 10.4. The maximum absolute atomic E-state index is 13.0. The molecule has 2 atom stereocenters. The van der Waals surface area contributed by atoms with Crippen molar-refractivity contribution in [3.63, 3.8) is 0 Å². The van der Waals surface area contributed by atoms with E-state index in [0.717, 1.165) is 11.3 Å². The SMILES string of the molecule is COc1ccc(C[C@@H]2NC(=O)[C@@H]3CN(C(=O)Nc4cccc(OC)c4)CCN3C2=O)cc1. The van der Waals surface area contributed by atoms with E-state index in [1.165, 1.54) is 0 Å². The molecule has 9 heteroatoms. The van der Waals surface area contributed by atoms with Crippen LogP contribution in [0.3, 0.4) is 0 Å². The van der Waals surface area contributed by atoms with Gasteiger partial charge in [-0.15, -0.1) is 0 Å². The number of rotatable bonds is 5. The molecule has 0 spiro atoms. The summed E-state index contributed by atoms with van der Waals surface area (Å²) < 4.78 is 10.3. The van der Waals surface area contributed by atoms with Crippen LogP contribution < -0.4 is 20.1 Å². The molecule has 32 heavy (non-hydrogen) atoms. The number of benzene rings is 2. The van der Waals surface area contributed by atoms with Crippen molar-refractivity contribution in [1.82, 2.24) is 15.1 Å². The Labute approximate surface area is 186 Å². The first-order chi connectivity index (χ1) is 15.5. The van der Waals surface area contributed by atoms with E-state index in [9.17, 15) is 14.4 Å². The highest BCUT2D eigenvalue weighted by molar-refractivity contribution is 5.98. The van der Waals surface area contributed by atoms with Crippen molar-refractivity contribution < 1.29 is 23.9 Å². The summed E-state index contributed by atoms with van der Waals surface area (Å²) in [5.41, 5.74) is 1.53. The van der Waals surface area contributed by atoms with Crippen molar-refractivity contribution in [3.8, 4) is 11.5 Å². The number of piperazine rings is 2. The molecule has 168 valence electrons. The van der Waals surface area contributed by atoms with Crippen molar-refractivity contribution in [1.29, 1.82) is 0 Å². The molecule has 2 aromatic carbocycles. The van der Waals surface area contributed by atoms with Crippen LogP contribution in [0.5, 0.6) is 11.5 Å². The van der Waals surface area contributed by atoms with Crippen LogP contribution in [0.2, 0.25) is 0 Å². The third-order valence-electron chi connectivity index (χ3n) is 5.79. The van der Waals surface area contributed by atoms with Gasteiger partial charge < -0.3 is 29.9 Å². The van der Waals surface area contributed by atoms with E-state index >= 15 is 0 Å². The second-order valence-electron chi connectivity index (χ2n) is 7.77. The van der Waals surface area contributed by atoms with Gasteiger partial charge in [-0.05, 0) is 29.8 Å². The number of amides is 4. The minimum Gasteiger partial charge on any atom is -0.497 e. The monoisotopic (exact) mass is 438 g/mol. The van der Waals surface area contributed by atoms with Gasteiger partial charge in [0.1, 0.15) is 23.6 Å². The number of carbonyl (C=O) groups is 3. The summed E-state index contributed by atoms with van der Waals surface area (Å²) in [5.74, 6) is 0.990. The normalized spacial score (nSPS) is 20.3. The standard InChI is InChI=1S/C23H26N4O5/c1-31-17-8-6-15(7-9-17)12-19-22(29)27-11-10-26(14-20(27)21(28)25-19)23(30)24-16-4-3-5-18(13-16)32-2/h3-9,13,19-20H,10-12,14H2,1-2H3,(H,24,30)(H,25,28)/t19-,20-/m0/s1. The lowest BCUT2D eigenvalue weighted by molar-refractivity contribution is -0.152. The number of carbonyl (C=O) groups excluding carboxylic acids is 3. The molecule has 0 bridgehead atoms. The molecule has 0 aliphatic carbocycles. The van der Waals surface area contributed by atoms with E-state index in [1.54, 1.807) is 48.3 Å². The minimum absolute atomic E-state index is 0.127. The van der Waals surface area contributed by atoms with E-state index in [2.05, 4.69) is 10.6 Å². The molecule has 2 aromatic rings. The lowest BCUT2D eigenvalue weighted by atomic mass is 9.98. The van der Waals surface area contributed by atoms with E-state index in [1.807, 2.05) is 24.3 Å². The molecule has 4 rings (SSSR count). The van der Waals surface area contributed by atoms with Gasteiger partial charge in [0, 0.05) is 31.3 Å². The van der Waals surface area contributed by atoms with Gasteiger partial charge in [0.2, 0.25) is 11.8 Å². The molecule has 4 amide bonds. The van der Waals surface area contributed by atoms with Crippen LogP contribution in [0, 0.1) is 0 Å². The average Bonchev–Trinajstić information content (AvgIpc) is 2.82. The van der Waals surface area contributed by atoms with E-state index < -0.39 is 12.1 Å². The second-order valence-corrected chi connectivity index (χ2v) is 7.77. The Morgan fingerprint density at radius 2 is 1.81 bits per heavy atom. The number of fused-ring (bicyclic) bond motifs is 1. The maximum Gasteiger partial charge on any atom is 0.321 e. The van der Waals surface area contributed by atoms with Crippen molar-refractivity contribution in [2.75, 3.05) is 39.2 Å². The molecule has 2 fully saturated rings. The molecule has 2 heterocycles. The number of hydrogen-bond donors (Lipinski definition) is 2. The Morgan fingerprint density at radius 3 is 2.53 bits per heavy atom. The first-order valence-electron chi connectivity index (χ1n) is 10.4. The van der Waals surface area contributed by atoms with Crippen LogP contribution in [0.25, 0.3) is 0 Å². The summed E-state index contributed by atoms with van der Waals surface area (Å²) in [6, 6.07) is 12.8. The fourth-order valence-corrected chi connectivity index (χ4v) is 4.02. The van der Waals surface area contributed by atoms with Gasteiger partial charge in [0.15, 0.2) is 0 Å². The number of nitrogens with zero attached hydrogens (tertiary/aromatic N) is 2. The molecule has 2 aliphatic rings. The molecule has 0 aromatic heterocycles. The zero-order valence-corrected chi connectivity index (χ0v) is 18.0. The highest BCUT2D eigenvalue weighted by Crippen LogP contribution is 2.21. The number of urea groups is 1. The Bertz CT molecular complexity index is 1010. The van der Waals surface area contributed by atoms with Crippen LogP contribution in [0.4, 0.5) is 10.5 Å². The zero-order chi connectivity index (χ0) is 22.7. The second kappa shape index (κ2) is 9.17. The van der Waals surface area contributed by atoms with Gasteiger partial charge in [-0.25, -0.2) is 4.79 Å². The van der Waals surface area contributed by atoms with Crippen LogP contribution in [-0.4, -0.2) is 73.6 Å². The fourth-order valence-electron chi connectivity index (χ4n) is 4.02. The number of hydrogen-bond acceptors (Lipinski definition) is 5. The Morgan fingerprint density at radius 1 is 1.06 bits per heavy atom. The Hall–Kier alpha value is -3.75. The van der Waals surface area contributed by atoms with Gasteiger partial charge in [-0.3, -0.25) is 9.59 Å². The third kappa shape index (κ3) is 4.46. The molecule has 0 saturated carbocycles. The minimum atomic E-state index is -0.695. The summed E-state index contributed by atoms with van der Waals surface area (Å²) in [7, 11) is 3.15. The van der Waals surface area contributed by atoms with Crippen LogP contribution in [-0.2, 0) is 16.0 Å². The largest absolute Gasteiger partial charge is 0.497 e. The van der Waals surface area contributed by atoms with Crippen LogP contribution >= 0.6 is 0 Å². The van der Waals surface area contributed by atoms with Crippen molar-refractivity contribution >= 4 is 23.5 Å². The van der Waals surface area contributed by atoms with E-state index in [4.69, 9.17) is 9.47 Å². The van der Waals surface area contributed by atoms with Gasteiger partial charge in [-0.2, -0.15) is 0 Å². The zero-order valence-electron chi connectivity index (χ0n) is 18.0. The van der Waals surface area contributed by atoms with E-state index in [0.29, 0.717) is 30.9 Å². The van der Waals surface area contributed by atoms with Gasteiger partial charge >= 0.3 is 6.03 Å². The predicted octanol–water partition coefficient (Wildman–Crippen LogP) is 1.49. The summed E-state index contributed by atoms with van der Waals surface area (Å²) in [6.45, 7) is 0.796. The van der Waals surface area contributed by atoms with Crippen LogP contribution in [0.1, 0.15) is 5.56 Å². The van der Waals surface area contributed by atoms with Crippen molar-refractivity contribution in [3.05, 3.63) is 54.1 Å². The van der Waals surface area contributed by atoms with Gasteiger partial charge in [-0.1, -0.05) is 18.2 Å². The average molecular weight is 438 g/mol. The highest BCUT2D eigenvalue weighted by Gasteiger charge is 2.44. The predicted molar refractivity (Wildman–Crippen MR) is 118 cm³/mol. The molecular formula is C23H26N4O5. The first kappa shape index (κ1) is 21.5. The van der Waals surface area contributed by atoms with Crippen molar-refractivity contribution in [2.24, 2.45) is 0 Å². The quantitative estimate of drug-likeness (QED) is 0.737. The van der Waals surface area contributed by atoms with Crippen LogP contribution in [0.15, 0.2) is 48.5 Å². The molecule has 2 saturated heterocycles. The maximum atomic E-state index is 13.0. The van der Waals surface area contributed by atoms with E-state index in [-0.39, 0.29) is 24.4 Å². The molecular weight excluding hydrogens is 412 g/mol. The third-order valence-corrected chi connectivity index (χ3v) is 5.79.